The summed E-state index contributed by atoms with van der Waals surface area (Å²) in [5.41, 5.74) is 3.21. The van der Waals surface area contributed by atoms with Crippen LogP contribution in [0.5, 0.6) is 0 Å². The van der Waals surface area contributed by atoms with Crippen LogP contribution in [0.2, 0.25) is 0 Å². The quantitative estimate of drug-likeness (QED) is 0.565. The number of sulfone groups is 2. The van der Waals surface area contributed by atoms with Crippen LogP contribution in [-0.2, 0) is 26.1 Å². The first-order valence-electron chi connectivity index (χ1n) is 10.5. The Morgan fingerprint density at radius 2 is 1.77 bits per heavy atom. The highest BCUT2D eigenvalue weighted by molar-refractivity contribution is 7.96. The molecule has 2 heterocycles. The molecule has 2 atom stereocenters. The third-order valence-corrected chi connectivity index (χ3v) is 10.2. The van der Waals surface area contributed by atoms with Gasteiger partial charge in [-0.05, 0) is 48.2 Å². The Kier molecular flexibility index (Phi) is 5.98. The third kappa shape index (κ3) is 4.56. The van der Waals surface area contributed by atoms with Gasteiger partial charge in [0.1, 0.15) is 0 Å². The van der Waals surface area contributed by atoms with Gasteiger partial charge in [-0.3, -0.25) is 0 Å². The molecule has 8 heteroatoms. The van der Waals surface area contributed by atoms with Gasteiger partial charge in [0, 0.05) is 23.1 Å². The average molecular weight is 461 g/mol. The summed E-state index contributed by atoms with van der Waals surface area (Å²) in [5.74, 6) is -0.205. The molecular formula is C23H28N2O4S2. The second-order valence-corrected chi connectivity index (χ2v) is 12.9. The lowest BCUT2D eigenvalue weighted by atomic mass is 10.0. The summed E-state index contributed by atoms with van der Waals surface area (Å²) in [5, 5.41) is 3.37. The average Bonchev–Trinajstić information content (AvgIpc) is 3.29. The molecule has 2 aromatic carbocycles. The molecule has 0 aliphatic carbocycles. The first-order valence-corrected chi connectivity index (χ1v) is 13.9. The topological polar surface area (TPSA) is 96.1 Å². The van der Waals surface area contributed by atoms with Crippen molar-refractivity contribution in [1.29, 1.82) is 0 Å². The van der Waals surface area contributed by atoms with E-state index in [1.165, 1.54) is 0 Å². The van der Waals surface area contributed by atoms with Gasteiger partial charge in [0.25, 0.3) is 0 Å². The molecule has 1 aliphatic rings. The van der Waals surface area contributed by atoms with Crippen LogP contribution in [0.3, 0.4) is 0 Å². The summed E-state index contributed by atoms with van der Waals surface area (Å²) < 4.78 is 51.2. The number of rotatable bonds is 7. The molecule has 0 amide bonds. The molecule has 1 fully saturated rings. The Balaban J connectivity index is 1.51. The second-order valence-electron chi connectivity index (χ2n) is 8.55. The molecular weight excluding hydrogens is 432 g/mol. The van der Waals surface area contributed by atoms with Crippen molar-refractivity contribution in [3.8, 4) is 0 Å². The summed E-state index contributed by atoms with van der Waals surface area (Å²) in [6.45, 7) is 4.59. The number of fused-ring (bicyclic) bond motifs is 1. The van der Waals surface area contributed by atoms with E-state index in [4.69, 9.17) is 0 Å². The number of para-hydroxylation sites is 1. The lowest BCUT2D eigenvalue weighted by molar-refractivity contribution is 0.528. The van der Waals surface area contributed by atoms with Gasteiger partial charge >= 0.3 is 0 Å². The van der Waals surface area contributed by atoms with Crippen LogP contribution in [0.1, 0.15) is 30.9 Å². The van der Waals surface area contributed by atoms with Gasteiger partial charge in [-0.2, -0.15) is 0 Å². The normalized spacial score (nSPS) is 21.1. The van der Waals surface area contributed by atoms with E-state index in [2.05, 4.69) is 10.3 Å². The Labute approximate surface area is 183 Å². The van der Waals surface area contributed by atoms with E-state index in [-0.39, 0.29) is 16.4 Å². The minimum atomic E-state index is -3.77. The molecule has 0 bridgehead atoms. The summed E-state index contributed by atoms with van der Waals surface area (Å²) >= 11 is 0. The molecule has 3 aromatic rings. The predicted molar refractivity (Wildman–Crippen MR) is 124 cm³/mol. The minimum absolute atomic E-state index is 0.158. The van der Waals surface area contributed by atoms with E-state index < -0.39 is 31.0 Å². The van der Waals surface area contributed by atoms with Crippen molar-refractivity contribution >= 4 is 30.6 Å². The second kappa shape index (κ2) is 8.41. The van der Waals surface area contributed by atoms with Crippen molar-refractivity contribution in [3.05, 3.63) is 65.9 Å². The SMILES string of the molecule is CC(C)c1ccc(S(=O)(=O)[C@H]2CS(=O)(=O)C[C@@H]2NCCc2c[nH]c3ccccc23)cc1. The zero-order valence-electron chi connectivity index (χ0n) is 17.7. The van der Waals surface area contributed by atoms with Crippen LogP contribution in [0.4, 0.5) is 0 Å². The van der Waals surface area contributed by atoms with E-state index >= 15 is 0 Å². The fourth-order valence-electron chi connectivity index (χ4n) is 4.26. The van der Waals surface area contributed by atoms with Crippen molar-refractivity contribution in [2.75, 3.05) is 18.1 Å². The van der Waals surface area contributed by atoms with Crippen LogP contribution in [0.25, 0.3) is 10.9 Å². The minimum Gasteiger partial charge on any atom is -0.361 e. The Bertz CT molecular complexity index is 1280. The maximum absolute atomic E-state index is 13.3. The zero-order chi connectivity index (χ0) is 22.2. The summed E-state index contributed by atoms with van der Waals surface area (Å²) in [6.07, 6.45) is 2.62. The fraction of sp³-hybridized carbons (Fsp3) is 0.391. The first-order chi connectivity index (χ1) is 14.7. The molecule has 0 spiro atoms. The first kappa shape index (κ1) is 22.0. The number of hydrogen-bond donors (Lipinski definition) is 2. The highest BCUT2D eigenvalue weighted by Crippen LogP contribution is 2.27. The summed E-state index contributed by atoms with van der Waals surface area (Å²) in [4.78, 5) is 3.41. The van der Waals surface area contributed by atoms with Crippen LogP contribution in [0.15, 0.2) is 59.6 Å². The number of benzene rings is 2. The van der Waals surface area contributed by atoms with Gasteiger partial charge in [-0.1, -0.05) is 44.2 Å². The van der Waals surface area contributed by atoms with E-state index in [9.17, 15) is 16.8 Å². The van der Waals surface area contributed by atoms with Crippen LogP contribution in [-0.4, -0.2) is 51.2 Å². The number of aromatic amines is 1. The number of H-pyrrole nitrogens is 1. The lowest BCUT2D eigenvalue weighted by Crippen LogP contribution is -2.44. The van der Waals surface area contributed by atoms with E-state index in [0.29, 0.717) is 18.9 Å². The Morgan fingerprint density at radius 3 is 2.48 bits per heavy atom. The summed E-state index contributed by atoms with van der Waals surface area (Å²) in [7, 11) is -7.19. The maximum atomic E-state index is 13.3. The fourth-order valence-corrected chi connectivity index (χ4v) is 8.98. The van der Waals surface area contributed by atoms with Crippen molar-refractivity contribution in [3.63, 3.8) is 0 Å². The van der Waals surface area contributed by atoms with E-state index in [0.717, 1.165) is 22.0 Å². The van der Waals surface area contributed by atoms with Crippen LogP contribution in [0, 0.1) is 0 Å². The molecule has 1 saturated heterocycles. The molecule has 4 rings (SSSR count). The molecule has 0 radical (unpaired) electrons. The van der Waals surface area contributed by atoms with Crippen LogP contribution < -0.4 is 5.32 Å². The molecule has 0 saturated carbocycles. The number of nitrogens with one attached hydrogen (secondary N) is 2. The van der Waals surface area contributed by atoms with E-state index in [1.54, 1.807) is 24.3 Å². The highest BCUT2D eigenvalue weighted by Gasteiger charge is 2.45. The Hall–Kier alpha value is -2.16. The summed E-state index contributed by atoms with van der Waals surface area (Å²) in [6, 6.07) is 14.2. The van der Waals surface area contributed by atoms with Gasteiger partial charge < -0.3 is 10.3 Å². The molecule has 1 aromatic heterocycles. The van der Waals surface area contributed by atoms with Gasteiger partial charge in [-0.25, -0.2) is 16.8 Å². The monoisotopic (exact) mass is 460 g/mol. The lowest BCUT2D eigenvalue weighted by Gasteiger charge is -2.20. The molecule has 1 aliphatic heterocycles. The maximum Gasteiger partial charge on any atom is 0.183 e. The molecule has 0 unspecified atom stereocenters. The molecule has 31 heavy (non-hydrogen) atoms. The van der Waals surface area contributed by atoms with Crippen molar-refractivity contribution < 1.29 is 16.8 Å². The van der Waals surface area contributed by atoms with Crippen molar-refractivity contribution in [2.45, 2.75) is 42.4 Å². The van der Waals surface area contributed by atoms with E-state index in [1.807, 2.05) is 44.3 Å². The molecule has 166 valence electrons. The molecule has 2 N–H and O–H groups in total. The predicted octanol–water partition coefficient (Wildman–Crippen LogP) is 3.06. The van der Waals surface area contributed by atoms with Crippen molar-refractivity contribution in [2.24, 2.45) is 0 Å². The third-order valence-electron chi connectivity index (χ3n) is 6.05. The molecule has 6 nitrogen and oxygen atoms in total. The number of hydrogen-bond acceptors (Lipinski definition) is 5. The van der Waals surface area contributed by atoms with Gasteiger partial charge in [0.05, 0.1) is 21.7 Å². The number of aromatic nitrogens is 1. The van der Waals surface area contributed by atoms with Gasteiger partial charge in [0.15, 0.2) is 19.7 Å². The van der Waals surface area contributed by atoms with Gasteiger partial charge in [-0.15, -0.1) is 0 Å². The smallest absolute Gasteiger partial charge is 0.183 e. The zero-order valence-corrected chi connectivity index (χ0v) is 19.3. The Morgan fingerprint density at radius 1 is 1.06 bits per heavy atom. The standard InChI is InChI=1S/C23H28N2O4S2/c1-16(2)17-7-9-19(10-8-17)31(28,29)23-15-30(26,27)14-22(23)24-12-11-18-13-25-21-6-4-3-5-20(18)21/h3-10,13,16,22-25H,11-12,14-15H2,1-2H3/t22-,23-/m0/s1. The van der Waals surface area contributed by atoms with Gasteiger partial charge in [0.2, 0.25) is 0 Å². The van der Waals surface area contributed by atoms with Crippen LogP contribution >= 0.6 is 0 Å². The van der Waals surface area contributed by atoms with Crippen molar-refractivity contribution in [1.82, 2.24) is 10.3 Å². The largest absolute Gasteiger partial charge is 0.361 e. The highest BCUT2D eigenvalue weighted by atomic mass is 32.2.